The number of aryl methyl sites for hydroxylation is 2. The fourth-order valence-corrected chi connectivity index (χ4v) is 2.46. The maximum absolute atomic E-state index is 10.9. The van der Waals surface area contributed by atoms with E-state index in [1.807, 2.05) is 0 Å². The quantitative estimate of drug-likeness (QED) is 0.180. The van der Waals surface area contributed by atoms with Gasteiger partial charge in [-0.1, -0.05) is 0 Å². The van der Waals surface area contributed by atoms with Gasteiger partial charge >= 0.3 is 59.1 Å². The smallest absolute Gasteiger partial charge is 0.744 e. The summed E-state index contributed by atoms with van der Waals surface area (Å²) >= 11 is 0.649. The molecule has 1 aromatic rings. The van der Waals surface area contributed by atoms with Crippen molar-refractivity contribution in [3.05, 3.63) is 23.3 Å². The molecule has 0 atom stereocenters. The Bertz CT molecular complexity index is 491. The minimum Gasteiger partial charge on any atom is -0.744 e. The van der Waals surface area contributed by atoms with Gasteiger partial charge in [-0.15, -0.1) is 0 Å². The van der Waals surface area contributed by atoms with Gasteiger partial charge in [0.05, 0.1) is 16.9 Å². The van der Waals surface area contributed by atoms with Crippen LogP contribution in [0, 0.1) is 13.8 Å². The number of rotatable bonds is 4. The van der Waals surface area contributed by atoms with Crippen LogP contribution in [0.15, 0.2) is 21.9 Å². The minimum atomic E-state index is -4.49. The van der Waals surface area contributed by atoms with Crippen LogP contribution < -0.4 is 64.4 Å². The van der Waals surface area contributed by atoms with Crippen LogP contribution in [0.25, 0.3) is 0 Å². The van der Waals surface area contributed by atoms with E-state index >= 15 is 0 Å². The molecule has 0 unspecified atom stereocenters. The maximum Gasteiger partial charge on any atom is 1.00 e. The first-order chi connectivity index (χ1) is 7.36. The number of hydrogen-bond acceptors (Lipinski definition) is 7. The van der Waals surface area contributed by atoms with Crippen LogP contribution in [-0.4, -0.2) is 13.0 Å². The fourth-order valence-electron chi connectivity index (χ4n) is 1.17. The summed E-state index contributed by atoms with van der Waals surface area (Å²) in [4.78, 5) is 0.221. The van der Waals surface area contributed by atoms with Crippen molar-refractivity contribution < 1.29 is 86.7 Å². The Balaban J connectivity index is 0. The zero-order valence-corrected chi connectivity index (χ0v) is 16.1. The molecule has 90 valence electrons. The predicted octanol–water partition coefficient (Wildman–Crippen LogP) is -5.55. The van der Waals surface area contributed by atoms with E-state index in [2.05, 4.69) is 9.37 Å². The van der Waals surface area contributed by atoms with Gasteiger partial charge in [-0.05, 0) is 37.1 Å². The van der Waals surface area contributed by atoms with Gasteiger partial charge in [0.1, 0.15) is 10.1 Å². The Morgan fingerprint density at radius 2 is 1.72 bits per heavy atom. The number of benzene rings is 1. The summed E-state index contributed by atoms with van der Waals surface area (Å²) in [5, 5.41) is 12.8. The SMILES string of the molecule is Cc1cc(S(=O)(=O)[O-])c(C)cc1SOO[O-].[Na+].[Na+]. The largest absolute Gasteiger partial charge is 1.00 e. The molecule has 0 fully saturated rings. The van der Waals surface area contributed by atoms with E-state index in [-0.39, 0.29) is 69.6 Å². The third-order valence-electron chi connectivity index (χ3n) is 1.89. The van der Waals surface area contributed by atoms with Crippen LogP contribution >= 0.6 is 12.0 Å². The van der Waals surface area contributed by atoms with Gasteiger partial charge in [-0.2, -0.15) is 4.33 Å². The Morgan fingerprint density at radius 3 is 2.17 bits per heavy atom. The number of hydrogen-bond donors (Lipinski definition) is 0. The fraction of sp³-hybridized carbons (Fsp3) is 0.250. The molecule has 0 amide bonds. The van der Waals surface area contributed by atoms with Gasteiger partial charge in [0.2, 0.25) is 0 Å². The van der Waals surface area contributed by atoms with Crippen molar-refractivity contribution in [2.24, 2.45) is 0 Å². The van der Waals surface area contributed by atoms with E-state index < -0.39 is 10.1 Å². The summed E-state index contributed by atoms with van der Waals surface area (Å²) in [5.41, 5.74) is 0.791. The van der Waals surface area contributed by atoms with Gasteiger partial charge in [-0.3, -0.25) is 5.04 Å². The van der Waals surface area contributed by atoms with Crippen molar-refractivity contribution in [1.82, 2.24) is 0 Å². The Morgan fingerprint density at radius 1 is 1.17 bits per heavy atom. The first-order valence-electron chi connectivity index (χ1n) is 4.06. The topological polar surface area (TPSA) is 98.7 Å². The molecule has 1 aromatic carbocycles. The molecule has 0 aliphatic rings. The summed E-state index contributed by atoms with van der Waals surface area (Å²) in [5.74, 6) is 0. The van der Waals surface area contributed by atoms with Crippen molar-refractivity contribution in [2.75, 3.05) is 0 Å². The van der Waals surface area contributed by atoms with Crippen LogP contribution in [0.4, 0.5) is 0 Å². The van der Waals surface area contributed by atoms with E-state index in [9.17, 15) is 18.2 Å². The zero-order chi connectivity index (χ0) is 12.3. The van der Waals surface area contributed by atoms with Crippen molar-refractivity contribution in [2.45, 2.75) is 23.6 Å². The third kappa shape index (κ3) is 6.21. The van der Waals surface area contributed by atoms with E-state index in [0.717, 1.165) is 0 Å². The molecule has 0 saturated carbocycles. The normalized spacial score (nSPS) is 10.4. The molecular formula is C8H8Na2O6S2. The van der Waals surface area contributed by atoms with Crippen LogP contribution in [0.5, 0.6) is 0 Å². The molecule has 1 rings (SSSR count). The Labute approximate surface area is 154 Å². The molecule has 18 heavy (non-hydrogen) atoms. The second kappa shape index (κ2) is 9.32. The Hall–Kier alpha value is 1.36. The molecule has 6 nitrogen and oxygen atoms in total. The molecule has 0 spiro atoms. The van der Waals surface area contributed by atoms with Gasteiger partial charge in [0.15, 0.2) is 0 Å². The van der Waals surface area contributed by atoms with E-state index in [1.54, 1.807) is 6.92 Å². The molecule has 0 aromatic heterocycles. The molecule has 0 aliphatic carbocycles. The summed E-state index contributed by atoms with van der Waals surface area (Å²) in [6, 6.07) is 2.66. The summed E-state index contributed by atoms with van der Waals surface area (Å²) < 4.78 is 36.7. The van der Waals surface area contributed by atoms with Crippen LogP contribution in [0.1, 0.15) is 11.1 Å². The third-order valence-corrected chi connectivity index (χ3v) is 3.61. The first-order valence-corrected chi connectivity index (χ1v) is 6.21. The van der Waals surface area contributed by atoms with Gasteiger partial charge in [0, 0.05) is 4.90 Å². The van der Waals surface area contributed by atoms with Gasteiger partial charge < -0.3 is 9.81 Å². The second-order valence-corrected chi connectivity index (χ2v) is 5.15. The van der Waals surface area contributed by atoms with Crippen molar-refractivity contribution in [1.29, 1.82) is 0 Å². The molecular weight excluding hydrogens is 302 g/mol. The second-order valence-electron chi connectivity index (χ2n) is 3.06. The molecule has 0 bridgehead atoms. The summed E-state index contributed by atoms with van der Waals surface area (Å²) in [6.45, 7) is 3.07. The minimum absolute atomic E-state index is 0. The zero-order valence-electron chi connectivity index (χ0n) is 10.4. The molecule has 0 heterocycles. The van der Waals surface area contributed by atoms with Crippen LogP contribution in [0.3, 0.4) is 0 Å². The molecule has 0 saturated heterocycles. The van der Waals surface area contributed by atoms with Crippen molar-refractivity contribution in [3.63, 3.8) is 0 Å². The first kappa shape index (κ1) is 21.7. The van der Waals surface area contributed by atoms with Crippen molar-refractivity contribution in [3.8, 4) is 0 Å². The van der Waals surface area contributed by atoms with Crippen molar-refractivity contribution >= 4 is 22.2 Å². The average molecular weight is 310 g/mol. The predicted molar refractivity (Wildman–Crippen MR) is 51.9 cm³/mol. The van der Waals surface area contributed by atoms with Gasteiger partial charge in [0.25, 0.3) is 0 Å². The van der Waals surface area contributed by atoms with E-state index in [1.165, 1.54) is 19.1 Å². The van der Waals surface area contributed by atoms with Crippen LogP contribution in [0.2, 0.25) is 0 Å². The molecule has 10 heteroatoms. The van der Waals surface area contributed by atoms with Gasteiger partial charge in [-0.25, -0.2) is 8.42 Å². The molecule has 0 aliphatic heterocycles. The molecule has 0 N–H and O–H groups in total. The maximum atomic E-state index is 10.9. The average Bonchev–Trinajstić information content (AvgIpc) is 2.17. The Kier molecular flexibility index (Phi) is 11.2. The van der Waals surface area contributed by atoms with E-state index in [4.69, 9.17) is 0 Å². The summed E-state index contributed by atoms with van der Waals surface area (Å²) in [7, 11) is -4.49. The van der Waals surface area contributed by atoms with E-state index in [0.29, 0.717) is 22.5 Å². The standard InChI is InChI=1S/C8H10O6S2.2Na/c1-5-4-8(16(10,11)12)6(2)3-7(5)15-14-13-9;;/h3-4,9H,1-2H3,(H,10,11,12);;/q;2*+1/p-2. The summed E-state index contributed by atoms with van der Waals surface area (Å²) in [6.07, 6.45) is 0. The molecule has 0 radical (unpaired) electrons. The monoisotopic (exact) mass is 310 g/mol. The van der Waals surface area contributed by atoms with Crippen LogP contribution in [-0.2, 0) is 19.5 Å².